The standard InChI is InChI=1S/C79H121N11O17S2/c1-18-49(11)67(61(105-16)41-63(92)90-40-24-28-60(90)70(106-17)50(12)71(95)82-51(13)68(93)53-25-21-20-22-26-53)88(14)76(100)65(46(5)6)87-75(99)66(47(7)8)89(15)79(104)107-42-52-29-35-57(36-30-52)83-73(97)58(27-23-39-81-78(80)103)84-74(98)64(45(3)4)86-62(91)38-37-59(77(101)102)85-72(96)55-33-31-54(32-34-55)69(94)56(43-108-19-2)44-109-48(9)10/h20-22,25-26,29-36,45-51,56,58-61,64-68,70,93H,18-19,23-24,27-28,37-44H2,1-17H3,(H,82,95)(H,83,97)(H,84,98)(H,85,96)(H,86,91)(H,87,99)(H,101,102)(H3,80,81,103)/t49-,50+,51+,56?,58-,59-,60-,61+,64-,65-,66-,67-,68+,70+/m0/s1. The van der Waals surface area contributed by atoms with Gasteiger partial charge >= 0.3 is 18.1 Å². The maximum absolute atomic E-state index is 14.9. The fraction of sp³-hybridized carbons (Fsp3) is 0.620. The van der Waals surface area contributed by atoms with Crippen LogP contribution in [0, 0.1) is 35.5 Å². The molecular weight excluding hydrogens is 1440 g/mol. The first kappa shape index (κ1) is 93.1. The van der Waals surface area contributed by atoms with Crippen LogP contribution in [0.25, 0.3) is 0 Å². The number of primary amides is 1. The molecule has 11 amide bonds. The molecule has 1 aliphatic rings. The van der Waals surface area contributed by atoms with Gasteiger partial charge in [0.15, 0.2) is 5.78 Å². The number of nitrogens with two attached hydrogens (primary N) is 1. The number of ether oxygens (including phenoxy) is 3. The van der Waals surface area contributed by atoms with E-state index in [-0.39, 0.29) is 79.5 Å². The minimum absolute atomic E-state index is 0.00165. The van der Waals surface area contributed by atoms with E-state index >= 15 is 0 Å². The number of ketones is 1. The third kappa shape index (κ3) is 28.8. The van der Waals surface area contributed by atoms with Crippen molar-refractivity contribution < 1.29 is 82.0 Å². The zero-order valence-electron chi connectivity index (χ0n) is 66.6. The van der Waals surface area contributed by atoms with Crippen molar-refractivity contribution in [2.75, 3.05) is 64.0 Å². The number of aliphatic hydroxyl groups is 1. The highest BCUT2D eigenvalue weighted by Crippen LogP contribution is 2.31. The monoisotopic (exact) mass is 1560 g/mol. The summed E-state index contributed by atoms with van der Waals surface area (Å²) in [5.74, 6) is -6.36. The van der Waals surface area contributed by atoms with E-state index in [0.717, 1.165) is 10.7 Å². The number of benzene rings is 3. The topological polar surface area (TPSA) is 393 Å². The summed E-state index contributed by atoms with van der Waals surface area (Å²) in [5.41, 5.74) is 7.24. The number of carboxylic acid groups (broad SMARTS) is 1. The van der Waals surface area contributed by atoms with Crippen molar-refractivity contribution in [2.24, 2.45) is 41.2 Å². The number of nitrogens with zero attached hydrogens (tertiary/aromatic N) is 3. The second-order valence-corrected chi connectivity index (χ2v) is 32.3. The number of carbonyl (C=O) groups excluding carboxylic acids is 11. The Balaban J connectivity index is 1.38. The lowest BCUT2D eigenvalue weighted by atomic mass is 9.89. The smallest absolute Gasteiger partial charge is 0.410 e. The van der Waals surface area contributed by atoms with Crippen LogP contribution in [0.1, 0.15) is 179 Å². The molecule has 30 heteroatoms. The quantitative estimate of drug-likeness (QED) is 0.0189. The summed E-state index contributed by atoms with van der Waals surface area (Å²) in [6, 6.07) is 12.6. The number of nitrogens with one attached hydrogen (secondary N) is 7. The molecule has 0 aliphatic carbocycles. The summed E-state index contributed by atoms with van der Waals surface area (Å²) in [6.45, 7) is 24.1. The lowest BCUT2D eigenvalue weighted by Crippen LogP contribution is -2.60. The van der Waals surface area contributed by atoms with E-state index < -0.39 is 150 Å². The van der Waals surface area contributed by atoms with Crippen LogP contribution < -0.4 is 43.0 Å². The SMILES string of the molecule is CCSCC(CSC(C)C)C(=O)c1ccc(C(=O)N[C@@H](CCC(=O)N[C@H](C(=O)N[C@@H](CCCNC(N)=O)C(=O)Nc2ccc(COC(=O)N(C)[C@H](C(=O)N[C@H](C(=O)N(C)[C@@H]([C@@H](C)CC)[C@@H](CC(=O)N3CCC[C@H]3[C@H](OC)[C@@H](C)C(=O)N[C@H](C)[C@@H](O)c3ccccc3)OC)C(C)C)C(C)C)cc2)C(C)C)C(=O)O)cc1. The second-order valence-electron chi connectivity index (χ2n) is 29.4. The Morgan fingerprint density at radius 2 is 1.31 bits per heavy atom. The van der Waals surface area contributed by atoms with E-state index in [1.165, 1.54) is 50.4 Å². The summed E-state index contributed by atoms with van der Waals surface area (Å²) in [5, 5.41) is 40.3. The summed E-state index contributed by atoms with van der Waals surface area (Å²) in [6.07, 6.45) is -2.12. The van der Waals surface area contributed by atoms with Gasteiger partial charge in [0.05, 0.1) is 48.8 Å². The van der Waals surface area contributed by atoms with E-state index in [0.29, 0.717) is 59.3 Å². The zero-order chi connectivity index (χ0) is 81.5. The van der Waals surface area contributed by atoms with Crippen LogP contribution in [-0.4, -0.2) is 221 Å². The number of rotatable bonds is 46. The van der Waals surface area contributed by atoms with Crippen LogP contribution in [0.15, 0.2) is 78.9 Å². The summed E-state index contributed by atoms with van der Waals surface area (Å²) in [7, 11) is 6.04. The third-order valence-electron chi connectivity index (χ3n) is 19.8. The Morgan fingerprint density at radius 3 is 1.87 bits per heavy atom. The number of Topliss-reactive ketones (excluding diaryl/α,β-unsaturated/α-hetero) is 1. The molecule has 14 atom stereocenters. The number of thioether (sulfide) groups is 2. The number of carbonyl (C=O) groups is 12. The number of methoxy groups -OCH3 is 2. The third-order valence-corrected chi connectivity index (χ3v) is 22.1. The molecular formula is C79H121N11O17S2. The number of anilines is 1. The van der Waals surface area contributed by atoms with Crippen LogP contribution in [0.3, 0.4) is 0 Å². The van der Waals surface area contributed by atoms with E-state index in [4.69, 9.17) is 19.9 Å². The fourth-order valence-electron chi connectivity index (χ4n) is 13.2. The van der Waals surface area contributed by atoms with Crippen molar-refractivity contribution in [3.8, 4) is 0 Å². The van der Waals surface area contributed by atoms with Crippen molar-refractivity contribution in [3.05, 3.63) is 101 Å². The first-order valence-corrected chi connectivity index (χ1v) is 40.0. The lowest BCUT2D eigenvalue weighted by molar-refractivity contribution is -0.148. The molecule has 1 saturated heterocycles. The van der Waals surface area contributed by atoms with Crippen molar-refractivity contribution >= 4 is 100 Å². The van der Waals surface area contributed by atoms with Crippen LogP contribution in [0.2, 0.25) is 0 Å². The van der Waals surface area contributed by atoms with E-state index in [1.807, 2.05) is 39.0 Å². The maximum atomic E-state index is 14.9. The van der Waals surface area contributed by atoms with Gasteiger partial charge in [0, 0.05) is 82.1 Å². The molecule has 109 heavy (non-hydrogen) atoms. The number of amides is 11. The van der Waals surface area contributed by atoms with Crippen LogP contribution in [0.4, 0.5) is 15.3 Å². The number of hydrogen-bond donors (Lipinski definition) is 10. The molecule has 3 aromatic rings. The molecule has 0 spiro atoms. The van der Waals surface area contributed by atoms with Crippen LogP contribution in [0.5, 0.6) is 0 Å². The predicted octanol–water partition coefficient (Wildman–Crippen LogP) is 7.95. The predicted molar refractivity (Wildman–Crippen MR) is 422 cm³/mol. The molecule has 1 heterocycles. The number of likely N-dealkylation sites (N-methyl/N-ethyl adjacent to an activating group) is 2. The number of likely N-dealkylation sites (tertiary alicyclic amines) is 1. The van der Waals surface area contributed by atoms with Gasteiger partial charge in [-0.2, -0.15) is 23.5 Å². The highest BCUT2D eigenvalue weighted by atomic mass is 32.2. The largest absolute Gasteiger partial charge is 0.480 e. The van der Waals surface area contributed by atoms with Gasteiger partial charge in [-0.05, 0) is 109 Å². The molecule has 0 saturated carbocycles. The van der Waals surface area contributed by atoms with E-state index in [9.17, 15) is 67.7 Å². The Hall–Kier alpha value is -8.32. The van der Waals surface area contributed by atoms with E-state index in [1.54, 1.807) is 127 Å². The molecule has 1 fully saturated rings. The lowest BCUT2D eigenvalue weighted by Gasteiger charge is -2.41. The van der Waals surface area contributed by atoms with Crippen LogP contribution in [-0.2, 0) is 59.2 Å². The first-order chi connectivity index (χ1) is 51.5. The minimum atomic E-state index is -1.50. The van der Waals surface area contributed by atoms with Crippen molar-refractivity contribution in [3.63, 3.8) is 0 Å². The van der Waals surface area contributed by atoms with Gasteiger partial charge in [0.2, 0.25) is 41.4 Å². The summed E-state index contributed by atoms with van der Waals surface area (Å²) < 4.78 is 17.8. The van der Waals surface area contributed by atoms with Gasteiger partial charge in [-0.1, -0.05) is 144 Å². The van der Waals surface area contributed by atoms with Crippen LogP contribution >= 0.6 is 23.5 Å². The van der Waals surface area contributed by atoms with Gasteiger partial charge < -0.3 is 77.2 Å². The van der Waals surface area contributed by atoms with E-state index in [2.05, 4.69) is 51.1 Å². The molecule has 0 radical (unpaired) electrons. The molecule has 1 unspecified atom stereocenters. The number of urea groups is 1. The molecule has 28 nitrogen and oxygen atoms in total. The Labute approximate surface area is 651 Å². The average molecular weight is 1560 g/mol. The Kier molecular flexibility index (Phi) is 39.6. The Morgan fingerprint density at radius 1 is 0.679 bits per heavy atom. The van der Waals surface area contributed by atoms with Gasteiger partial charge in [-0.15, -0.1) is 0 Å². The molecule has 0 bridgehead atoms. The van der Waals surface area contributed by atoms with Crippen molar-refractivity contribution in [1.29, 1.82) is 0 Å². The Bertz CT molecular complexity index is 3460. The molecule has 606 valence electrons. The molecule has 1 aliphatic heterocycles. The van der Waals surface area contributed by atoms with Gasteiger partial charge in [-0.25, -0.2) is 14.4 Å². The average Bonchev–Trinajstić information content (AvgIpc) is 1.79. The number of carboxylic acids is 1. The maximum Gasteiger partial charge on any atom is 0.410 e. The second kappa shape index (κ2) is 46.4. The van der Waals surface area contributed by atoms with Crippen molar-refractivity contribution in [1.82, 2.24) is 46.6 Å². The number of aliphatic carboxylic acids is 1. The fourth-order valence-corrected chi connectivity index (χ4v) is 15.1. The molecule has 4 rings (SSSR count). The number of aliphatic hydroxyl groups excluding tert-OH is 1. The highest BCUT2D eigenvalue weighted by Gasteiger charge is 2.44. The highest BCUT2D eigenvalue weighted by molar-refractivity contribution is 8.00. The summed E-state index contributed by atoms with van der Waals surface area (Å²) in [4.78, 5) is 168. The van der Waals surface area contributed by atoms with Crippen molar-refractivity contribution in [2.45, 2.75) is 220 Å². The first-order valence-electron chi connectivity index (χ1n) is 37.8. The summed E-state index contributed by atoms with van der Waals surface area (Å²) >= 11 is 3.37. The van der Waals surface area contributed by atoms with Gasteiger partial charge in [-0.3, -0.25) is 48.1 Å². The zero-order valence-corrected chi connectivity index (χ0v) is 68.2. The van der Waals surface area contributed by atoms with Gasteiger partial charge in [0.1, 0.15) is 36.8 Å². The van der Waals surface area contributed by atoms with Gasteiger partial charge in [0.25, 0.3) is 5.91 Å². The molecule has 0 aromatic heterocycles. The normalized spacial score (nSPS) is 16.5. The number of hydrogen-bond acceptors (Lipinski definition) is 18. The minimum Gasteiger partial charge on any atom is -0.480 e. The molecule has 3 aromatic carbocycles. The molecule has 11 N–H and O–H groups in total.